The summed E-state index contributed by atoms with van der Waals surface area (Å²) in [5.41, 5.74) is 3.49. The minimum absolute atomic E-state index is 0.0610. The van der Waals surface area contributed by atoms with E-state index in [0.29, 0.717) is 18.0 Å². The first kappa shape index (κ1) is 25.4. The van der Waals surface area contributed by atoms with Gasteiger partial charge in [0.2, 0.25) is 0 Å². The normalized spacial score (nSPS) is 20.6. The van der Waals surface area contributed by atoms with E-state index in [1.54, 1.807) is 24.3 Å². The number of benzene rings is 3. The first-order chi connectivity index (χ1) is 18.0. The molecule has 5 rings (SSSR count). The van der Waals surface area contributed by atoms with Crippen LogP contribution in [0.15, 0.2) is 95.9 Å². The zero-order chi connectivity index (χ0) is 25.7. The van der Waals surface area contributed by atoms with Crippen molar-refractivity contribution in [3.05, 3.63) is 108 Å². The Morgan fingerprint density at radius 3 is 2.35 bits per heavy atom. The summed E-state index contributed by atoms with van der Waals surface area (Å²) in [7, 11) is -3.88. The minimum Gasteiger partial charge on any atom is -0.311 e. The van der Waals surface area contributed by atoms with E-state index in [2.05, 4.69) is 57.4 Å². The molecule has 1 amide bonds. The van der Waals surface area contributed by atoms with Gasteiger partial charge in [0.25, 0.3) is 15.9 Å². The third-order valence-electron chi connectivity index (χ3n) is 7.13. The van der Waals surface area contributed by atoms with E-state index in [1.807, 2.05) is 12.1 Å². The van der Waals surface area contributed by atoms with Gasteiger partial charge < -0.3 is 5.32 Å². The largest absolute Gasteiger partial charge is 0.311 e. The smallest absolute Gasteiger partial charge is 0.264 e. The van der Waals surface area contributed by atoms with E-state index in [9.17, 15) is 13.2 Å². The van der Waals surface area contributed by atoms with Crippen molar-refractivity contribution in [1.29, 1.82) is 0 Å². The Morgan fingerprint density at radius 2 is 1.62 bits per heavy atom. The Labute approximate surface area is 219 Å². The SMILES string of the molecule is O=C(/C=C/c1cccc(CN2CCC(N[C@@H]3C[C@H]3c3ccccc3)CC2)c1)NS(=O)(=O)c1ccccc1. The van der Waals surface area contributed by atoms with Crippen LogP contribution in [0.25, 0.3) is 6.08 Å². The summed E-state index contributed by atoms with van der Waals surface area (Å²) in [6.07, 6.45) is 6.44. The second-order valence-electron chi connectivity index (χ2n) is 9.94. The maximum atomic E-state index is 12.3. The summed E-state index contributed by atoms with van der Waals surface area (Å²) in [5.74, 6) is -0.00968. The molecule has 192 valence electrons. The van der Waals surface area contributed by atoms with Crippen molar-refractivity contribution in [3.63, 3.8) is 0 Å². The number of likely N-dealkylation sites (tertiary alicyclic amines) is 1. The molecule has 6 nitrogen and oxygen atoms in total. The van der Waals surface area contributed by atoms with Crippen molar-refractivity contribution in [1.82, 2.24) is 14.9 Å². The lowest BCUT2D eigenvalue weighted by molar-refractivity contribution is -0.114. The van der Waals surface area contributed by atoms with Gasteiger partial charge in [-0.3, -0.25) is 9.69 Å². The zero-order valence-electron chi connectivity index (χ0n) is 20.8. The van der Waals surface area contributed by atoms with E-state index in [4.69, 9.17) is 0 Å². The number of hydrogen-bond acceptors (Lipinski definition) is 5. The van der Waals surface area contributed by atoms with Crippen LogP contribution in [0.4, 0.5) is 0 Å². The number of rotatable bonds is 9. The fraction of sp³-hybridized carbons (Fsp3) is 0.300. The average Bonchev–Trinajstić information content (AvgIpc) is 3.69. The molecule has 3 aromatic rings. The Hall–Kier alpha value is -3.26. The van der Waals surface area contributed by atoms with Crippen LogP contribution >= 0.6 is 0 Å². The molecule has 0 spiro atoms. The molecule has 0 bridgehead atoms. The van der Waals surface area contributed by atoms with Gasteiger partial charge in [0.1, 0.15) is 0 Å². The van der Waals surface area contributed by atoms with Crippen LogP contribution in [0.5, 0.6) is 0 Å². The second-order valence-corrected chi connectivity index (χ2v) is 11.6. The lowest BCUT2D eigenvalue weighted by Gasteiger charge is -2.32. The van der Waals surface area contributed by atoms with Crippen LogP contribution in [0.1, 0.15) is 41.9 Å². The lowest BCUT2D eigenvalue weighted by Crippen LogP contribution is -2.43. The summed E-state index contributed by atoms with van der Waals surface area (Å²) < 4.78 is 26.7. The summed E-state index contributed by atoms with van der Waals surface area (Å²) in [4.78, 5) is 14.8. The van der Waals surface area contributed by atoms with Crippen LogP contribution in [0, 0.1) is 0 Å². The molecule has 2 N–H and O–H groups in total. The van der Waals surface area contributed by atoms with Gasteiger partial charge in [0.15, 0.2) is 0 Å². The van der Waals surface area contributed by atoms with E-state index >= 15 is 0 Å². The first-order valence-electron chi connectivity index (χ1n) is 12.9. The molecule has 37 heavy (non-hydrogen) atoms. The van der Waals surface area contributed by atoms with Crippen LogP contribution in [-0.2, 0) is 21.4 Å². The number of piperidine rings is 1. The fourth-order valence-corrected chi connectivity index (χ4v) is 6.02. The molecule has 0 radical (unpaired) electrons. The number of nitrogens with zero attached hydrogens (tertiary/aromatic N) is 1. The fourth-order valence-electron chi connectivity index (χ4n) is 5.06. The molecule has 7 heteroatoms. The molecule has 1 saturated heterocycles. The Kier molecular flexibility index (Phi) is 7.84. The van der Waals surface area contributed by atoms with Crippen molar-refractivity contribution in [2.45, 2.75) is 48.7 Å². The number of carbonyl (C=O) groups excluding carboxylic acids is 1. The van der Waals surface area contributed by atoms with Gasteiger partial charge >= 0.3 is 0 Å². The molecule has 1 aliphatic heterocycles. The number of hydrogen-bond donors (Lipinski definition) is 2. The van der Waals surface area contributed by atoms with Gasteiger partial charge in [-0.1, -0.05) is 72.8 Å². The molecule has 1 saturated carbocycles. The Balaban J connectivity index is 1.08. The topological polar surface area (TPSA) is 78.5 Å². The molecule has 1 aliphatic carbocycles. The molecule has 2 fully saturated rings. The molecular weight excluding hydrogens is 482 g/mol. The van der Waals surface area contributed by atoms with Crippen LogP contribution in [0.3, 0.4) is 0 Å². The summed E-state index contributed by atoms with van der Waals surface area (Å²) in [6, 6.07) is 27.9. The number of amides is 1. The average molecular weight is 516 g/mol. The Morgan fingerprint density at radius 1 is 0.919 bits per heavy atom. The van der Waals surface area contributed by atoms with Crippen LogP contribution in [-0.4, -0.2) is 44.4 Å². The van der Waals surface area contributed by atoms with Gasteiger partial charge in [0.05, 0.1) is 4.90 Å². The van der Waals surface area contributed by atoms with Gasteiger partial charge in [-0.15, -0.1) is 0 Å². The first-order valence-corrected chi connectivity index (χ1v) is 14.4. The molecule has 2 atom stereocenters. The van der Waals surface area contributed by atoms with Crippen molar-refractivity contribution in [3.8, 4) is 0 Å². The third-order valence-corrected chi connectivity index (χ3v) is 8.49. The van der Waals surface area contributed by atoms with Gasteiger partial charge in [0, 0.05) is 30.6 Å². The maximum Gasteiger partial charge on any atom is 0.264 e. The second kappa shape index (κ2) is 11.4. The van der Waals surface area contributed by atoms with Crippen LogP contribution < -0.4 is 10.0 Å². The summed E-state index contributed by atoms with van der Waals surface area (Å²) in [6.45, 7) is 2.97. The quantitative estimate of drug-likeness (QED) is 0.415. The summed E-state index contributed by atoms with van der Waals surface area (Å²) in [5, 5.41) is 3.87. The standard InChI is InChI=1S/C30H33N3O3S/c34-30(32-37(35,36)27-12-5-2-6-13-27)15-14-23-8-7-9-24(20-23)22-33-18-16-26(17-19-33)31-29-21-28(29)25-10-3-1-4-11-25/h1-15,20,26,28-29,31H,16-19,21-22H2,(H,32,34)/b15-14+/t28-,29+/m0/s1. The lowest BCUT2D eigenvalue weighted by atomic mass is 10.0. The molecular formula is C30H33N3O3S. The highest BCUT2D eigenvalue weighted by Gasteiger charge is 2.39. The maximum absolute atomic E-state index is 12.3. The van der Waals surface area contributed by atoms with Crippen molar-refractivity contribution in [2.24, 2.45) is 0 Å². The molecule has 0 unspecified atom stereocenters. The highest BCUT2D eigenvalue weighted by molar-refractivity contribution is 7.90. The van der Waals surface area contributed by atoms with Crippen molar-refractivity contribution >= 4 is 22.0 Å². The predicted molar refractivity (Wildman–Crippen MR) is 146 cm³/mol. The number of carbonyl (C=O) groups is 1. The zero-order valence-corrected chi connectivity index (χ0v) is 21.6. The predicted octanol–water partition coefficient (Wildman–Crippen LogP) is 4.32. The van der Waals surface area contributed by atoms with Crippen molar-refractivity contribution in [2.75, 3.05) is 13.1 Å². The number of sulfonamides is 1. The van der Waals surface area contributed by atoms with Gasteiger partial charge in [-0.2, -0.15) is 0 Å². The van der Waals surface area contributed by atoms with E-state index in [1.165, 1.54) is 35.8 Å². The van der Waals surface area contributed by atoms with Crippen LogP contribution in [0.2, 0.25) is 0 Å². The third kappa shape index (κ3) is 6.95. The Bertz CT molecular complexity index is 1330. The van der Waals surface area contributed by atoms with Gasteiger partial charge in [-0.05, 0) is 67.3 Å². The highest BCUT2D eigenvalue weighted by Crippen LogP contribution is 2.41. The van der Waals surface area contributed by atoms with E-state index in [0.717, 1.165) is 38.0 Å². The van der Waals surface area contributed by atoms with E-state index in [-0.39, 0.29) is 4.90 Å². The summed E-state index contributed by atoms with van der Waals surface area (Å²) >= 11 is 0. The molecule has 3 aromatic carbocycles. The monoisotopic (exact) mass is 515 g/mol. The van der Waals surface area contributed by atoms with Gasteiger partial charge in [-0.25, -0.2) is 13.1 Å². The molecule has 1 heterocycles. The molecule has 0 aromatic heterocycles. The highest BCUT2D eigenvalue weighted by atomic mass is 32.2. The molecule has 2 aliphatic rings. The minimum atomic E-state index is -3.88. The van der Waals surface area contributed by atoms with E-state index < -0.39 is 15.9 Å². The number of nitrogens with one attached hydrogen (secondary N) is 2. The van der Waals surface area contributed by atoms with Crippen molar-refractivity contribution < 1.29 is 13.2 Å².